The monoisotopic (exact) mass is 501 g/mol. The van der Waals surface area contributed by atoms with Crippen LogP contribution in [0.1, 0.15) is 5.56 Å². The third kappa shape index (κ3) is 5.92. The maximum Gasteiger partial charge on any atom is 0.416 e. The molecular formula is C22H15ClF3N7O2. The van der Waals surface area contributed by atoms with E-state index in [2.05, 4.69) is 30.6 Å². The first kappa shape index (κ1) is 23.7. The predicted octanol–water partition coefficient (Wildman–Crippen LogP) is 5.62. The van der Waals surface area contributed by atoms with E-state index < -0.39 is 17.8 Å². The largest absolute Gasteiger partial charge is 0.424 e. The highest BCUT2D eigenvalue weighted by Gasteiger charge is 2.31. The molecule has 2 amide bonds. The molecule has 4 aromatic rings. The number of hydrogen-bond acceptors (Lipinski definition) is 7. The van der Waals surface area contributed by atoms with Gasteiger partial charge in [-0.25, -0.2) is 24.7 Å². The lowest BCUT2D eigenvalue weighted by Gasteiger charge is -2.12. The van der Waals surface area contributed by atoms with Crippen LogP contribution in [0.25, 0.3) is 11.1 Å². The zero-order valence-corrected chi connectivity index (χ0v) is 18.3. The van der Waals surface area contributed by atoms with Gasteiger partial charge < -0.3 is 21.1 Å². The first-order valence-corrected chi connectivity index (χ1v) is 10.2. The quantitative estimate of drug-likeness (QED) is 0.323. The molecule has 4 N–H and O–H groups in total. The first-order chi connectivity index (χ1) is 16.7. The van der Waals surface area contributed by atoms with Gasteiger partial charge in [0.15, 0.2) is 0 Å². The maximum atomic E-state index is 12.9. The van der Waals surface area contributed by atoms with Gasteiger partial charge in [-0.15, -0.1) is 0 Å². The molecule has 0 bridgehead atoms. The third-order valence-electron chi connectivity index (χ3n) is 4.55. The minimum Gasteiger partial charge on any atom is -0.424 e. The predicted molar refractivity (Wildman–Crippen MR) is 123 cm³/mol. The van der Waals surface area contributed by atoms with Crippen molar-refractivity contribution in [3.63, 3.8) is 0 Å². The third-order valence-corrected chi connectivity index (χ3v) is 4.88. The summed E-state index contributed by atoms with van der Waals surface area (Å²) in [5.74, 6) is 0.793. The molecule has 2 aromatic heterocycles. The number of rotatable bonds is 5. The number of carbonyl (C=O) groups is 1. The fourth-order valence-corrected chi connectivity index (χ4v) is 3.05. The normalized spacial score (nSPS) is 11.1. The number of urea groups is 1. The summed E-state index contributed by atoms with van der Waals surface area (Å²) >= 11 is 5.88. The van der Waals surface area contributed by atoms with Crippen molar-refractivity contribution in [1.82, 2.24) is 19.9 Å². The van der Waals surface area contributed by atoms with Crippen LogP contribution >= 0.6 is 11.6 Å². The van der Waals surface area contributed by atoms with Crippen LogP contribution in [0.5, 0.6) is 11.8 Å². The Balaban J connectivity index is 1.37. The highest BCUT2D eigenvalue weighted by Crippen LogP contribution is 2.34. The number of carbonyl (C=O) groups excluding carboxylic acids is 1. The van der Waals surface area contributed by atoms with Crippen molar-refractivity contribution >= 4 is 34.8 Å². The Labute approximate surface area is 201 Å². The van der Waals surface area contributed by atoms with Crippen molar-refractivity contribution < 1.29 is 22.7 Å². The summed E-state index contributed by atoms with van der Waals surface area (Å²) in [6, 6.07) is 8.68. The van der Waals surface area contributed by atoms with Gasteiger partial charge in [0, 0.05) is 11.8 Å². The zero-order chi connectivity index (χ0) is 25.0. The van der Waals surface area contributed by atoms with E-state index in [1.165, 1.54) is 18.7 Å². The van der Waals surface area contributed by atoms with Crippen molar-refractivity contribution in [3.8, 4) is 22.9 Å². The molecule has 178 valence electrons. The summed E-state index contributed by atoms with van der Waals surface area (Å²) in [6.45, 7) is 0. The van der Waals surface area contributed by atoms with Crippen molar-refractivity contribution in [1.29, 1.82) is 0 Å². The molecule has 0 fully saturated rings. The van der Waals surface area contributed by atoms with Crippen LogP contribution in [0.2, 0.25) is 5.02 Å². The van der Waals surface area contributed by atoms with Crippen molar-refractivity contribution in [2.45, 2.75) is 6.18 Å². The second-order valence-corrected chi connectivity index (χ2v) is 7.38. The minimum atomic E-state index is -4.58. The van der Waals surface area contributed by atoms with E-state index in [0.717, 1.165) is 23.8 Å². The van der Waals surface area contributed by atoms with Crippen LogP contribution in [0, 0.1) is 0 Å². The molecule has 0 aliphatic carbocycles. The van der Waals surface area contributed by atoms with E-state index in [-0.39, 0.29) is 22.4 Å². The van der Waals surface area contributed by atoms with Crippen molar-refractivity contribution in [2.75, 3.05) is 16.4 Å². The van der Waals surface area contributed by atoms with E-state index in [1.807, 2.05) is 0 Å². The number of nitrogens with zero attached hydrogens (tertiary/aromatic N) is 4. The first-order valence-electron chi connectivity index (χ1n) is 9.79. The van der Waals surface area contributed by atoms with Crippen LogP contribution in [0.15, 0.2) is 67.4 Å². The number of benzene rings is 2. The molecule has 9 nitrogen and oxygen atoms in total. The van der Waals surface area contributed by atoms with Gasteiger partial charge in [0.05, 0.1) is 34.4 Å². The summed E-state index contributed by atoms with van der Waals surface area (Å²) in [5.41, 5.74) is 6.34. The molecule has 13 heteroatoms. The smallest absolute Gasteiger partial charge is 0.416 e. The average molecular weight is 502 g/mol. The average Bonchev–Trinajstić information content (AvgIpc) is 2.82. The number of amides is 2. The number of aromatic nitrogens is 4. The zero-order valence-electron chi connectivity index (χ0n) is 17.5. The van der Waals surface area contributed by atoms with Gasteiger partial charge in [-0.2, -0.15) is 13.2 Å². The van der Waals surface area contributed by atoms with Crippen LogP contribution in [0.3, 0.4) is 0 Å². The van der Waals surface area contributed by atoms with Crippen LogP contribution in [-0.4, -0.2) is 26.0 Å². The standard InChI is InChI=1S/C22H15ClF3N7O2/c23-17-6-3-13(22(24,25)26)7-18(17)33-20(34)32-14-8-29-21(30-9-14)35-15-4-1-12(2-5-15)16-10-28-11-31-19(16)27/h1-11H,(H2,27,28,31)(H2,32,33,34). The van der Waals surface area contributed by atoms with Gasteiger partial charge in [0.1, 0.15) is 17.9 Å². The van der Waals surface area contributed by atoms with Crippen LogP contribution in [0.4, 0.5) is 35.2 Å². The van der Waals surface area contributed by atoms with E-state index in [1.54, 1.807) is 30.5 Å². The SMILES string of the molecule is Nc1ncncc1-c1ccc(Oc2ncc(NC(=O)Nc3cc(C(F)(F)F)ccc3Cl)cn2)cc1. The molecule has 2 aromatic carbocycles. The number of hydrogen-bond donors (Lipinski definition) is 3. The summed E-state index contributed by atoms with van der Waals surface area (Å²) < 4.78 is 44.2. The second kappa shape index (κ2) is 9.81. The van der Waals surface area contributed by atoms with E-state index >= 15 is 0 Å². The number of alkyl halides is 3. The number of nitrogens with one attached hydrogen (secondary N) is 2. The van der Waals surface area contributed by atoms with Crippen molar-refractivity contribution in [3.05, 3.63) is 78.0 Å². The molecule has 0 saturated heterocycles. The lowest BCUT2D eigenvalue weighted by atomic mass is 10.1. The molecule has 35 heavy (non-hydrogen) atoms. The van der Waals surface area contributed by atoms with Gasteiger partial charge in [-0.1, -0.05) is 23.7 Å². The Bertz CT molecular complexity index is 1350. The molecule has 0 radical (unpaired) electrons. The fraction of sp³-hybridized carbons (Fsp3) is 0.0455. The Hall–Kier alpha value is -4.45. The molecule has 0 unspecified atom stereocenters. The van der Waals surface area contributed by atoms with Gasteiger partial charge in [-0.05, 0) is 35.9 Å². The fourth-order valence-electron chi connectivity index (χ4n) is 2.88. The maximum absolute atomic E-state index is 12.9. The molecule has 0 aliphatic rings. The number of nitrogen functional groups attached to an aromatic ring is 1. The number of halogens is 4. The van der Waals surface area contributed by atoms with E-state index in [9.17, 15) is 18.0 Å². The number of ether oxygens (including phenoxy) is 1. The molecular weight excluding hydrogens is 487 g/mol. The van der Waals surface area contributed by atoms with E-state index in [4.69, 9.17) is 22.1 Å². The Morgan fingerprint density at radius 3 is 2.34 bits per heavy atom. The second-order valence-electron chi connectivity index (χ2n) is 6.97. The Morgan fingerprint density at radius 1 is 0.971 bits per heavy atom. The van der Waals surface area contributed by atoms with Crippen molar-refractivity contribution in [2.24, 2.45) is 0 Å². The number of nitrogens with two attached hydrogens (primary N) is 1. The lowest BCUT2D eigenvalue weighted by Crippen LogP contribution is -2.20. The molecule has 2 heterocycles. The van der Waals surface area contributed by atoms with Gasteiger partial charge in [-0.3, -0.25) is 0 Å². The Morgan fingerprint density at radius 2 is 1.69 bits per heavy atom. The lowest BCUT2D eigenvalue weighted by molar-refractivity contribution is -0.137. The molecule has 0 atom stereocenters. The summed E-state index contributed by atoms with van der Waals surface area (Å²) in [7, 11) is 0. The van der Waals surface area contributed by atoms with Gasteiger partial charge >= 0.3 is 18.2 Å². The summed E-state index contributed by atoms with van der Waals surface area (Å²) in [4.78, 5) is 28.1. The molecule has 0 aliphatic heterocycles. The summed E-state index contributed by atoms with van der Waals surface area (Å²) in [5, 5.41) is 4.61. The number of anilines is 3. The minimum absolute atomic E-state index is 0.00666. The molecule has 4 rings (SSSR count). The topological polar surface area (TPSA) is 128 Å². The van der Waals surface area contributed by atoms with Crippen LogP contribution < -0.4 is 21.1 Å². The highest BCUT2D eigenvalue weighted by molar-refractivity contribution is 6.33. The van der Waals surface area contributed by atoms with Gasteiger partial charge in [0.2, 0.25) is 0 Å². The van der Waals surface area contributed by atoms with Crippen LogP contribution in [-0.2, 0) is 6.18 Å². The summed E-state index contributed by atoms with van der Waals surface area (Å²) in [6.07, 6.45) is 0.920. The molecule has 0 saturated carbocycles. The van der Waals surface area contributed by atoms with E-state index in [0.29, 0.717) is 17.1 Å². The highest BCUT2D eigenvalue weighted by atomic mass is 35.5. The Kier molecular flexibility index (Phi) is 6.64. The van der Waals surface area contributed by atoms with Gasteiger partial charge in [0.25, 0.3) is 0 Å². The molecule has 0 spiro atoms.